The molecule has 7 nitrogen and oxygen atoms in total. The highest BCUT2D eigenvalue weighted by molar-refractivity contribution is 7.71. The molecular formula is C18H25N5O2S. The molecule has 2 heterocycles. The highest BCUT2D eigenvalue weighted by Gasteiger charge is 2.22. The van der Waals surface area contributed by atoms with Gasteiger partial charge in [0.05, 0.1) is 7.11 Å². The van der Waals surface area contributed by atoms with Gasteiger partial charge in [0.15, 0.2) is 4.77 Å². The molecule has 140 valence electrons. The highest BCUT2D eigenvalue weighted by Crippen LogP contribution is 2.20. The number of H-pyrrole nitrogens is 1. The Morgan fingerprint density at radius 2 is 1.92 bits per heavy atom. The number of nitrogens with zero attached hydrogens (tertiary/aromatic N) is 4. The molecule has 1 saturated heterocycles. The van der Waals surface area contributed by atoms with E-state index in [4.69, 9.17) is 17.0 Å². The van der Waals surface area contributed by atoms with Gasteiger partial charge in [-0.05, 0) is 42.9 Å². The molecule has 0 aliphatic carbocycles. The summed E-state index contributed by atoms with van der Waals surface area (Å²) in [6.45, 7) is 5.39. The van der Waals surface area contributed by atoms with Gasteiger partial charge in [-0.3, -0.25) is 14.5 Å². The average Bonchev–Trinajstić information content (AvgIpc) is 3.02. The number of amides is 1. The molecule has 1 aromatic carbocycles. The number of hydrogen-bond donors (Lipinski definition) is 1. The summed E-state index contributed by atoms with van der Waals surface area (Å²) in [7, 11) is 1.66. The van der Waals surface area contributed by atoms with Crippen molar-refractivity contribution in [2.24, 2.45) is 0 Å². The third-order valence-electron chi connectivity index (χ3n) is 4.67. The maximum absolute atomic E-state index is 12.7. The number of aromatic amines is 1. The number of rotatable bonds is 6. The normalized spacial score (nSPS) is 14.5. The van der Waals surface area contributed by atoms with Crippen LogP contribution in [0.25, 0.3) is 0 Å². The van der Waals surface area contributed by atoms with Crippen LogP contribution >= 0.6 is 12.2 Å². The summed E-state index contributed by atoms with van der Waals surface area (Å²) in [5.41, 5.74) is 1.15. The minimum Gasteiger partial charge on any atom is -0.497 e. The second kappa shape index (κ2) is 8.35. The Kier molecular flexibility index (Phi) is 5.92. The molecule has 0 spiro atoms. The molecule has 1 N–H and O–H groups in total. The molecule has 0 radical (unpaired) electrons. The molecule has 1 aliphatic heterocycles. The van der Waals surface area contributed by atoms with Crippen LogP contribution in [0, 0.1) is 4.77 Å². The Labute approximate surface area is 158 Å². The fraction of sp³-hybridized carbons (Fsp3) is 0.500. The minimum atomic E-state index is 0.0919. The van der Waals surface area contributed by atoms with Crippen molar-refractivity contribution in [1.29, 1.82) is 0 Å². The lowest BCUT2D eigenvalue weighted by Crippen LogP contribution is -2.49. The molecule has 1 aromatic heterocycles. The van der Waals surface area contributed by atoms with Crippen molar-refractivity contribution < 1.29 is 9.53 Å². The average molecular weight is 375 g/mol. The monoisotopic (exact) mass is 375 g/mol. The number of carbonyl (C=O) groups excluding carboxylic acids is 1. The van der Waals surface area contributed by atoms with Gasteiger partial charge in [0, 0.05) is 38.3 Å². The number of aromatic nitrogens is 3. The van der Waals surface area contributed by atoms with Crippen LogP contribution in [-0.2, 0) is 17.8 Å². The number of hydrogen-bond acceptors (Lipinski definition) is 5. The van der Waals surface area contributed by atoms with E-state index in [0.29, 0.717) is 17.9 Å². The predicted molar refractivity (Wildman–Crippen MR) is 103 cm³/mol. The zero-order valence-electron chi connectivity index (χ0n) is 15.3. The molecule has 0 bridgehead atoms. The molecule has 8 heteroatoms. The molecule has 1 aliphatic rings. The Bertz CT molecular complexity index is 791. The van der Waals surface area contributed by atoms with Gasteiger partial charge in [0.2, 0.25) is 5.91 Å². The zero-order valence-corrected chi connectivity index (χ0v) is 16.1. The second-order valence-electron chi connectivity index (χ2n) is 6.35. The molecule has 0 saturated carbocycles. The first kappa shape index (κ1) is 18.4. The van der Waals surface area contributed by atoms with E-state index < -0.39 is 0 Å². The van der Waals surface area contributed by atoms with Gasteiger partial charge in [-0.25, -0.2) is 0 Å². The fourth-order valence-corrected chi connectivity index (χ4v) is 3.39. The summed E-state index contributed by atoms with van der Waals surface area (Å²) in [4.78, 5) is 16.9. The van der Waals surface area contributed by atoms with E-state index in [1.54, 1.807) is 7.11 Å². The molecule has 26 heavy (non-hydrogen) atoms. The largest absolute Gasteiger partial charge is 0.497 e. The molecule has 3 rings (SSSR count). The Balaban J connectivity index is 1.58. The highest BCUT2D eigenvalue weighted by atomic mass is 32.1. The summed E-state index contributed by atoms with van der Waals surface area (Å²) in [6.07, 6.45) is 1.78. The van der Waals surface area contributed by atoms with E-state index >= 15 is 0 Å². The lowest BCUT2D eigenvalue weighted by molar-refractivity contribution is -0.132. The lowest BCUT2D eigenvalue weighted by atomic mass is 10.2. The van der Waals surface area contributed by atoms with E-state index in [-0.39, 0.29) is 12.5 Å². The van der Waals surface area contributed by atoms with Crippen LogP contribution in [0.1, 0.15) is 19.2 Å². The van der Waals surface area contributed by atoms with E-state index in [9.17, 15) is 4.79 Å². The molecule has 0 atom stereocenters. The molecule has 1 amide bonds. The van der Waals surface area contributed by atoms with Crippen LogP contribution in [0.15, 0.2) is 24.3 Å². The summed E-state index contributed by atoms with van der Waals surface area (Å²) in [5, 5.41) is 7.02. The Morgan fingerprint density at radius 3 is 2.54 bits per heavy atom. The number of piperazine rings is 1. The zero-order chi connectivity index (χ0) is 18.5. The number of aryl methyl sites for hydroxylation is 1. The van der Waals surface area contributed by atoms with Crippen molar-refractivity contribution in [3.05, 3.63) is 34.9 Å². The number of benzene rings is 1. The van der Waals surface area contributed by atoms with Crippen LogP contribution < -0.4 is 9.64 Å². The third kappa shape index (κ3) is 4.07. The summed E-state index contributed by atoms with van der Waals surface area (Å²) in [5.74, 6) is 1.79. The number of methoxy groups -OCH3 is 1. The van der Waals surface area contributed by atoms with Crippen LogP contribution in [0.5, 0.6) is 5.75 Å². The van der Waals surface area contributed by atoms with Crippen LogP contribution in [-0.4, -0.2) is 58.9 Å². The van der Waals surface area contributed by atoms with Crippen molar-refractivity contribution in [3.63, 3.8) is 0 Å². The van der Waals surface area contributed by atoms with Crippen molar-refractivity contribution >= 4 is 23.8 Å². The first-order valence-electron chi connectivity index (χ1n) is 8.93. The van der Waals surface area contributed by atoms with Gasteiger partial charge in [-0.1, -0.05) is 6.92 Å². The number of carbonyl (C=O) groups is 1. The number of nitrogens with one attached hydrogen (secondary N) is 1. The van der Waals surface area contributed by atoms with Gasteiger partial charge in [-0.2, -0.15) is 5.10 Å². The van der Waals surface area contributed by atoms with E-state index in [0.717, 1.165) is 43.2 Å². The SMILES string of the molecule is CCCc1n[nH]c(=S)n1CC(=O)N1CCN(c2ccc(OC)cc2)CC1. The van der Waals surface area contributed by atoms with Gasteiger partial charge in [0.25, 0.3) is 0 Å². The lowest BCUT2D eigenvalue weighted by Gasteiger charge is -2.36. The van der Waals surface area contributed by atoms with Crippen molar-refractivity contribution in [2.45, 2.75) is 26.3 Å². The molecule has 2 aromatic rings. The van der Waals surface area contributed by atoms with Crippen molar-refractivity contribution in [1.82, 2.24) is 19.7 Å². The van der Waals surface area contributed by atoms with E-state index in [1.807, 2.05) is 21.6 Å². The number of ether oxygens (including phenoxy) is 1. The van der Waals surface area contributed by atoms with Crippen molar-refractivity contribution in [3.8, 4) is 5.75 Å². The van der Waals surface area contributed by atoms with Crippen molar-refractivity contribution in [2.75, 3.05) is 38.2 Å². The first-order chi connectivity index (χ1) is 12.6. The van der Waals surface area contributed by atoms with Crippen LogP contribution in [0.4, 0.5) is 5.69 Å². The summed E-state index contributed by atoms with van der Waals surface area (Å²) in [6, 6.07) is 8.03. The molecular weight excluding hydrogens is 350 g/mol. The van der Waals surface area contributed by atoms with Gasteiger partial charge >= 0.3 is 0 Å². The summed E-state index contributed by atoms with van der Waals surface area (Å²) >= 11 is 5.27. The quantitative estimate of drug-likeness (QED) is 0.785. The maximum Gasteiger partial charge on any atom is 0.242 e. The minimum absolute atomic E-state index is 0.0919. The smallest absolute Gasteiger partial charge is 0.242 e. The molecule has 0 unspecified atom stereocenters. The predicted octanol–water partition coefficient (Wildman–Crippen LogP) is 2.25. The Morgan fingerprint density at radius 1 is 1.23 bits per heavy atom. The van der Waals surface area contributed by atoms with Gasteiger partial charge < -0.3 is 14.5 Å². The van der Waals surface area contributed by atoms with E-state index in [1.165, 1.54) is 0 Å². The van der Waals surface area contributed by atoms with Crippen LogP contribution in [0.2, 0.25) is 0 Å². The van der Waals surface area contributed by atoms with Gasteiger partial charge in [-0.15, -0.1) is 0 Å². The third-order valence-corrected chi connectivity index (χ3v) is 4.99. The standard InChI is InChI=1S/C18H25N5O2S/c1-3-4-16-19-20-18(26)23(16)13-17(24)22-11-9-21(10-12-22)14-5-7-15(25-2)8-6-14/h5-8H,3-4,9-13H2,1-2H3,(H,20,26). The topological polar surface area (TPSA) is 66.4 Å². The van der Waals surface area contributed by atoms with E-state index in [2.05, 4.69) is 34.2 Å². The second-order valence-corrected chi connectivity index (χ2v) is 6.73. The Hall–Kier alpha value is -2.35. The molecule has 1 fully saturated rings. The van der Waals surface area contributed by atoms with Gasteiger partial charge in [0.1, 0.15) is 18.1 Å². The maximum atomic E-state index is 12.7. The summed E-state index contributed by atoms with van der Waals surface area (Å²) < 4.78 is 7.53. The number of anilines is 1. The fourth-order valence-electron chi connectivity index (χ4n) is 3.17. The van der Waals surface area contributed by atoms with Crippen LogP contribution in [0.3, 0.4) is 0 Å². The first-order valence-corrected chi connectivity index (χ1v) is 9.34.